The van der Waals surface area contributed by atoms with E-state index in [1.165, 1.54) is 12.1 Å². The summed E-state index contributed by atoms with van der Waals surface area (Å²) in [7, 11) is -4.12. The Morgan fingerprint density at radius 2 is 1.52 bits per heavy atom. The van der Waals surface area contributed by atoms with Gasteiger partial charge in [0.15, 0.2) is 5.78 Å². The molecule has 0 unspecified atom stereocenters. The highest BCUT2D eigenvalue weighted by Crippen LogP contribution is 2.32. The van der Waals surface area contributed by atoms with Gasteiger partial charge in [0.25, 0.3) is 10.0 Å². The van der Waals surface area contributed by atoms with Crippen molar-refractivity contribution in [2.24, 2.45) is 4.40 Å². The molecule has 21 heavy (non-hydrogen) atoms. The van der Waals surface area contributed by atoms with E-state index in [2.05, 4.69) is 4.40 Å². The van der Waals surface area contributed by atoms with Crippen LogP contribution in [0.15, 0.2) is 44.7 Å². The Morgan fingerprint density at radius 1 is 0.905 bits per heavy atom. The number of nitrogens with zero attached hydrogens (tertiary/aromatic N) is 1. The van der Waals surface area contributed by atoms with E-state index in [0.29, 0.717) is 0 Å². The lowest BCUT2D eigenvalue weighted by atomic mass is 10.2. The zero-order chi connectivity index (χ0) is 15.8. The summed E-state index contributed by atoms with van der Waals surface area (Å²) in [6.07, 6.45) is 3.50. The Kier molecular flexibility index (Phi) is 4.80. The maximum Gasteiger partial charge on any atom is 0.284 e. The summed E-state index contributed by atoms with van der Waals surface area (Å²) < 4.78 is 28.0. The third-order valence-corrected chi connectivity index (χ3v) is 5.18. The molecular weight excluding hydrogens is 380 g/mol. The number of carbonyl (C=O) groups excluding carboxylic acids is 1. The van der Waals surface area contributed by atoms with Gasteiger partial charge in [-0.3, -0.25) is 4.79 Å². The average Bonchev–Trinajstić information content (AvgIpc) is 2.37. The van der Waals surface area contributed by atoms with Crippen LogP contribution in [0.5, 0.6) is 0 Å². The molecule has 0 aromatic heterocycles. The van der Waals surface area contributed by atoms with Crippen LogP contribution in [0.25, 0.3) is 0 Å². The van der Waals surface area contributed by atoms with Crippen molar-refractivity contribution in [2.75, 3.05) is 0 Å². The first-order valence-electron chi connectivity index (χ1n) is 5.30. The van der Waals surface area contributed by atoms with E-state index in [1.807, 2.05) is 0 Å². The van der Waals surface area contributed by atoms with Crippen molar-refractivity contribution >= 4 is 67.9 Å². The number of hydrogen-bond donors (Lipinski definition) is 0. The monoisotopic (exact) mass is 383 g/mol. The molecule has 0 fully saturated rings. The fourth-order valence-corrected chi connectivity index (χ4v) is 3.58. The predicted molar refractivity (Wildman–Crippen MR) is 84.2 cm³/mol. The quantitative estimate of drug-likeness (QED) is 0.570. The Hall–Kier alpha value is -0.850. The molecule has 4 nitrogen and oxygen atoms in total. The molecule has 0 bridgehead atoms. The zero-order valence-electron chi connectivity index (χ0n) is 9.98. The summed E-state index contributed by atoms with van der Waals surface area (Å²) in [5, 5.41) is -0.0893. The molecular formula is C12H5Cl4NO3S. The molecule has 1 aromatic carbocycles. The topological polar surface area (TPSA) is 63.6 Å². The van der Waals surface area contributed by atoms with Crippen LogP contribution < -0.4 is 0 Å². The van der Waals surface area contributed by atoms with Crippen LogP contribution in [-0.4, -0.2) is 19.9 Å². The molecule has 9 heteroatoms. The van der Waals surface area contributed by atoms with Gasteiger partial charge in [0.1, 0.15) is 4.90 Å². The molecule has 1 aliphatic rings. The van der Waals surface area contributed by atoms with Crippen molar-refractivity contribution in [2.45, 2.75) is 4.90 Å². The molecule has 0 atom stereocenters. The molecule has 0 radical (unpaired) electrons. The van der Waals surface area contributed by atoms with Crippen LogP contribution >= 0.6 is 46.4 Å². The number of benzene rings is 1. The van der Waals surface area contributed by atoms with Crippen molar-refractivity contribution in [1.29, 1.82) is 0 Å². The average molecular weight is 385 g/mol. The van der Waals surface area contributed by atoms with Gasteiger partial charge in [0, 0.05) is 0 Å². The predicted octanol–water partition coefficient (Wildman–Crippen LogP) is 4.04. The standard InChI is InChI=1S/C12H5Cl4NO3S/c13-7-4-10(16)12(5-8(7)14)21(19,20)17-6-1-2-11(18)9(15)3-6/h1-5H/b17-6-. The first-order chi connectivity index (χ1) is 9.70. The molecule has 2 rings (SSSR count). The lowest BCUT2D eigenvalue weighted by Gasteiger charge is -2.06. The number of halogens is 4. The number of rotatable bonds is 2. The van der Waals surface area contributed by atoms with Crippen molar-refractivity contribution in [3.63, 3.8) is 0 Å². The third kappa shape index (κ3) is 3.67. The van der Waals surface area contributed by atoms with Crippen LogP contribution in [-0.2, 0) is 14.8 Å². The van der Waals surface area contributed by atoms with Crippen molar-refractivity contribution in [3.05, 3.63) is 50.5 Å². The maximum atomic E-state index is 12.2. The second-order valence-electron chi connectivity index (χ2n) is 3.88. The van der Waals surface area contributed by atoms with Crippen LogP contribution in [0.4, 0.5) is 0 Å². The highest BCUT2D eigenvalue weighted by Gasteiger charge is 2.20. The van der Waals surface area contributed by atoms with Gasteiger partial charge in [0.05, 0.1) is 25.8 Å². The van der Waals surface area contributed by atoms with Gasteiger partial charge in [-0.2, -0.15) is 12.8 Å². The summed E-state index contributed by atoms with van der Waals surface area (Å²) >= 11 is 23.0. The minimum atomic E-state index is -4.12. The maximum absolute atomic E-state index is 12.2. The highest BCUT2D eigenvalue weighted by molar-refractivity contribution is 7.90. The number of carbonyl (C=O) groups is 1. The largest absolute Gasteiger partial charge is 0.288 e. The SMILES string of the molecule is O=C1C=C/C(=N/S(=O)(=O)c2cc(Cl)c(Cl)cc2Cl)C=C1Cl. The summed E-state index contributed by atoms with van der Waals surface area (Å²) in [5.74, 6) is -0.430. The minimum Gasteiger partial charge on any atom is -0.288 e. The van der Waals surface area contributed by atoms with Crippen molar-refractivity contribution in [1.82, 2.24) is 0 Å². The Labute approximate surface area is 140 Å². The molecule has 0 aliphatic heterocycles. The lowest BCUT2D eigenvalue weighted by molar-refractivity contribution is -0.110. The van der Waals surface area contributed by atoms with Crippen molar-refractivity contribution in [3.8, 4) is 0 Å². The summed E-state index contributed by atoms with van der Waals surface area (Å²) in [5.41, 5.74) is 0.00161. The van der Waals surface area contributed by atoms with E-state index in [4.69, 9.17) is 46.4 Å². The Balaban J connectivity index is 2.52. The molecule has 0 heterocycles. The normalized spacial score (nSPS) is 17.2. The van der Waals surface area contributed by atoms with E-state index < -0.39 is 15.8 Å². The van der Waals surface area contributed by atoms with E-state index in [1.54, 1.807) is 0 Å². The van der Waals surface area contributed by atoms with Crippen LogP contribution in [0.2, 0.25) is 15.1 Å². The summed E-state index contributed by atoms with van der Waals surface area (Å²) in [6, 6.07) is 2.32. The smallest absolute Gasteiger partial charge is 0.284 e. The highest BCUT2D eigenvalue weighted by atomic mass is 35.5. The molecule has 0 saturated heterocycles. The lowest BCUT2D eigenvalue weighted by Crippen LogP contribution is -2.07. The molecule has 0 N–H and O–H groups in total. The second-order valence-corrected chi connectivity index (χ2v) is 7.08. The Bertz CT molecular complexity index is 825. The van der Waals surface area contributed by atoms with Gasteiger partial charge in [-0.15, -0.1) is 0 Å². The van der Waals surface area contributed by atoms with Gasteiger partial charge >= 0.3 is 0 Å². The fourth-order valence-electron chi connectivity index (χ4n) is 1.44. The van der Waals surface area contributed by atoms with E-state index >= 15 is 0 Å². The molecule has 1 aliphatic carbocycles. The number of sulfonamides is 1. The van der Waals surface area contributed by atoms with Gasteiger partial charge in [0.2, 0.25) is 0 Å². The first kappa shape index (κ1) is 16.5. The summed E-state index contributed by atoms with van der Waals surface area (Å²) in [4.78, 5) is 10.9. The molecule has 0 amide bonds. The van der Waals surface area contributed by atoms with Crippen LogP contribution in [0, 0.1) is 0 Å². The minimum absolute atomic E-state index is 0.00161. The molecule has 0 saturated carbocycles. The van der Waals surface area contributed by atoms with Gasteiger partial charge in [-0.1, -0.05) is 46.4 Å². The fraction of sp³-hybridized carbons (Fsp3) is 0. The number of hydrogen-bond acceptors (Lipinski definition) is 3. The van der Waals surface area contributed by atoms with Gasteiger partial charge in [-0.25, -0.2) is 0 Å². The van der Waals surface area contributed by atoms with Crippen molar-refractivity contribution < 1.29 is 13.2 Å². The van der Waals surface area contributed by atoms with Crippen LogP contribution in [0.3, 0.4) is 0 Å². The molecule has 0 spiro atoms. The molecule has 110 valence electrons. The van der Waals surface area contributed by atoms with Gasteiger partial charge < -0.3 is 0 Å². The summed E-state index contributed by atoms with van der Waals surface area (Å²) in [6.45, 7) is 0. The van der Waals surface area contributed by atoms with Gasteiger partial charge in [-0.05, 0) is 30.4 Å². The number of ketones is 1. The second kappa shape index (κ2) is 6.10. The zero-order valence-corrected chi connectivity index (χ0v) is 13.8. The van der Waals surface area contributed by atoms with E-state index in [0.717, 1.165) is 18.2 Å². The van der Waals surface area contributed by atoms with E-state index in [9.17, 15) is 13.2 Å². The molecule has 1 aromatic rings. The van der Waals surface area contributed by atoms with Crippen LogP contribution in [0.1, 0.15) is 0 Å². The third-order valence-electron chi connectivity index (χ3n) is 2.39. The number of allylic oxidation sites excluding steroid dienone is 4. The first-order valence-corrected chi connectivity index (χ1v) is 8.25. The van der Waals surface area contributed by atoms with E-state index in [-0.39, 0.29) is 30.7 Å². The Morgan fingerprint density at radius 3 is 2.14 bits per heavy atom.